The number of anilines is 6. The lowest BCUT2D eigenvalue weighted by Crippen LogP contribution is -2.38. The molecule has 0 spiro atoms. The summed E-state index contributed by atoms with van der Waals surface area (Å²) in [5, 5.41) is 0. The topological polar surface area (TPSA) is 45.2 Å². The van der Waals surface area contributed by atoms with E-state index in [0.29, 0.717) is 26.4 Å². The molecule has 13 aromatic carbocycles. The van der Waals surface area contributed by atoms with E-state index in [1.807, 2.05) is 6.07 Å². The molecule has 3 heterocycles. The number of hydrogen-bond donors (Lipinski definition) is 0. The summed E-state index contributed by atoms with van der Waals surface area (Å²) in [5.74, 6) is 1.62. The Labute approximate surface area is 512 Å². The van der Waals surface area contributed by atoms with Crippen molar-refractivity contribution in [1.82, 2.24) is 23.9 Å². The zero-order chi connectivity index (χ0) is 58.4. The summed E-state index contributed by atoms with van der Waals surface area (Å²) in [4.78, 5) is 22.1. The van der Waals surface area contributed by atoms with Gasteiger partial charge in [-0.1, -0.05) is 237 Å². The third-order valence-electron chi connectivity index (χ3n) is 17.3. The van der Waals surface area contributed by atoms with Crippen LogP contribution in [0.3, 0.4) is 0 Å². The first-order chi connectivity index (χ1) is 43.7. The molecule has 1 aromatic heterocycles. The molecule has 0 unspecified atom stereocenters. The Bertz CT molecular complexity index is 4390. The Hall–Kier alpha value is -11.6. The van der Waals surface area contributed by atoms with Crippen LogP contribution in [0.4, 0.5) is 79.6 Å². The smallest absolute Gasteiger partial charge is 0.172 e. The van der Waals surface area contributed by atoms with Gasteiger partial charge in [-0.25, -0.2) is 15.0 Å². The number of fused-ring (bicyclic) bond motifs is 4. The molecule has 0 amide bonds. The van der Waals surface area contributed by atoms with Crippen LogP contribution in [-0.4, -0.2) is 15.0 Å². The first kappa shape index (κ1) is 52.0. The Morgan fingerprint density at radius 2 is 0.432 bits per heavy atom. The van der Waals surface area contributed by atoms with Crippen LogP contribution >= 0.6 is 0 Å². The van der Waals surface area contributed by atoms with Gasteiger partial charge in [0.25, 0.3) is 0 Å². The largest absolute Gasteiger partial charge is 0.298 e. The van der Waals surface area contributed by atoms with Gasteiger partial charge < -0.3 is 0 Å². The van der Waals surface area contributed by atoms with Crippen molar-refractivity contribution in [2.24, 2.45) is 0 Å². The molecule has 414 valence electrons. The normalized spacial score (nSPS) is 13.4. The molecule has 0 aliphatic carbocycles. The summed E-state index contributed by atoms with van der Waals surface area (Å²) in [6.07, 6.45) is 0. The Balaban J connectivity index is 0.989. The van der Waals surface area contributed by atoms with Crippen LogP contribution in [0.5, 0.6) is 0 Å². The van der Waals surface area contributed by atoms with Gasteiger partial charge in [-0.3, -0.25) is 9.80 Å². The van der Waals surface area contributed by atoms with Crippen LogP contribution in [0, 0.1) is 0 Å². The van der Waals surface area contributed by atoms with Gasteiger partial charge >= 0.3 is 0 Å². The van der Waals surface area contributed by atoms with Crippen LogP contribution < -0.4 is 18.8 Å². The fraction of sp³-hybridized carbons (Fsp3) is 0. The Kier molecular flexibility index (Phi) is 12.9. The highest BCUT2D eigenvalue weighted by Gasteiger charge is 2.51. The first-order valence-corrected chi connectivity index (χ1v) is 29.9. The van der Waals surface area contributed by atoms with Crippen molar-refractivity contribution in [2.45, 2.75) is 0 Å². The third-order valence-corrected chi connectivity index (χ3v) is 17.3. The lowest BCUT2D eigenvalue weighted by atomic mass is 9.93. The summed E-state index contributed by atoms with van der Waals surface area (Å²) >= 11 is 0. The minimum Gasteiger partial charge on any atom is -0.298 e. The van der Waals surface area contributed by atoms with Gasteiger partial charge in [0.1, 0.15) is 45.5 Å². The molecule has 0 fully saturated rings. The van der Waals surface area contributed by atoms with Gasteiger partial charge in [0.05, 0.1) is 11.4 Å². The number of aromatic nitrogens is 3. The van der Waals surface area contributed by atoms with E-state index >= 15 is 0 Å². The second kappa shape index (κ2) is 21.8. The van der Waals surface area contributed by atoms with E-state index in [9.17, 15) is 0 Å². The van der Waals surface area contributed by atoms with Gasteiger partial charge in [0, 0.05) is 101 Å². The van der Waals surface area contributed by atoms with Crippen LogP contribution in [0.25, 0.3) is 56.4 Å². The maximum Gasteiger partial charge on any atom is 0.172 e. The summed E-state index contributed by atoms with van der Waals surface area (Å²) in [7, 11) is 0. The van der Waals surface area contributed by atoms with Crippen LogP contribution in [0.1, 0.15) is 0 Å². The number of para-hydroxylation sites is 14. The molecule has 0 atom stereocenters. The van der Waals surface area contributed by atoms with Crippen molar-refractivity contribution < 1.29 is 0 Å². The minimum atomic E-state index is 0.363. The summed E-state index contributed by atoms with van der Waals surface area (Å²) in [6.45, 7) is 0. The fourth-order valence-corrected chi connectivity index (χ4v) is 13.7. The highest BCUT2D eigenvalue weighted by molar-refractivity contribution is 6.09. The fourth-order valence-electron chi connectivity index (χ4n) is 13.7. The average Bonchev–Trinajstić information content (AvgIpc) is 0.861. The third kappa shape index (κ3) is 8.25. The van der Waals surface area contributed by atoms with E-state index in [2.05, 4.69) is 350 Å². The predicted octanol–water partition coefficient (Wildman–Crippen LogP) is 22.4. The average molecular weight is 1130 g/mol. The van der Waals surface area contributed by atoms with Crippen molar-refractivity contribution in [3.05, 3.63) is 346 Å². The van der Waals surface area contributed by atoms with Gasteiger partial charge in [-0.15, -0.1) is 0 Å². The standard InChI is InChI=1S/C81H57N7/c1-8-32-58(33-9-1)65-46-30-48-67(77(65)85-69-50-22-26-54-73(69)87(61-38-14-4-15-39-61,62-40-16-5-17-41-62)74-55-27-23-51-70(74)85)80-82-79(60-36-12-3-13-37-60)83-81(84-80)68-49-31-47-66(59-34-10-2-11-35-59)78(68)86-71-52-24-28-56-75(71)88(63-42-18-6-19-43-63,64-44-20-7-21-45-64)76-57-29-25-53-72(76)86/h1-57H/q+2. The minimum absolute atomic E-state index is 0.363. The molecule has 7 nitrogen and oxygen atoms in total. The molecule has 16 rings (SSSR count). The molecule has 7 heteroatoms. The van der Waals surface area contributed by atoms with E-state index in [1.54, 1.807) is 0 Å². The SMILES string of the molecule is c1ccc(-c2nc(-c3cccc(-c4ccccc4)c3N3c4ccccc4[N+](c4ccccc4)(c4ccccc4)c4ccccc43)nc(-c3cccc(-c4ccccc4)c3N3c4ccccc4[N+](c4ccccc4)(c4ccccc4)c4ccccc43)n2)cc1. The molecular weight excluding hydrogens is 1070 g/mol. The van der Waals surface area contributed by atoms with Crippen LogP contribution in [0.15, 0.2) is 346 Å². The number of nitrogens with zero attached hydrogens (tertiary/aromatic N) is 7. The highest BCUT2D eigenvalue weighted by Crippen LogP contribution is 2.66. The van der Waals surface area contributed by atoms with E-state index in [1.165, 1.54) is 0 Å². The zero-order valence-electron chi connectivity index (χ0n) is 48.0. The number of rotatable bonds is 11. The molecule has 0 radical (unpaired) electrons. The first-order valence-electron chi connectivity index (χ1n) is 29.9. The molecule has 0 saturated heterocycles. The van der Waals surface area contributed by atoms with Crippen molar-refractivity contribution in [2.75, 3.05) is 9.80 Å². The van der Waals surface area contributed by atoms with Gasteiger partial charge in [0.2, 0.25) is 0 Å². The maximum absolute atomic E-state index is 5.87. The second-order valence-corrected chi connectivity index (χ2v) is 22.1. The molecule has 14 aromatic rings. The summed E-state index contributed by atoms with van der Waals surface area (Å²) in [6, 6.07) is 124. The molecule has 88 heavy (non-hydrogen) atoms. The van der Waals surface area contributed by atoms with E-state index in [4.69, 9.17) is 15.0 Å². The quantitative estimate of drug-likeness (QED) is 0.121. The maximum atomic E-state index is 5.87. The summed E-state index contributed by atoms with van der Waals surface area (Å²) < 4.78 is 0.725. The Morgan fingerprint density at radius 3 is 0.739 bits per heavy atom. The monoisotopic (exact) mass is 1130 g/mol. The highest BCUT2D eigenvalue weighted by atomic mass is 15.4. The molecule has 0 saturated carbocycles. The molecule has 0 N–H and O–H groups in total. The van der Waals surface area contributed by atoms with Crippen molar-refractivity contribution in [3.8, 4) is 56.4 Å². The van der Waals surface area contributed by atoms with Crippen LogP contribution in [-0.2, 0) is 0 Å². The lowest BCUT2D eigenvalue weighted by molar-refractivity contribution is 0.694. The van der Waals surface area contributed by atoms with Crippen molar-refractivity contribution in [1.29, 1.82) is 0 Å². The van der Waals surface area contributed by atoms with E-state index < -0.39 is 0 Å². The van der Waals surface area contributed by atoms with Crippen LogP contribution in [0.2, 0.25) is 0 Å². The number of quaternary nitrogens is 2. The molecule has 0 bridgehead atoms. The molecule has 2 aliphatic rings. The summed E-state index contributed by atoms with van der Waals surface area (Å²) in [5.41, 5.74) is 21.6. The molecular formula is C81H57N7+2. The second-order valence-electron chi connectivity index (χ2n) is 22.1. The van der Waals surface area contributed by atoms with Gasteiger partial charge in [-0.2, -0.15) is 8.97 Å². The van der Waals surface area contributed by atoms with Gasteiger partial charge in [-0.05, 0) is 47.5 Å². The lowest BCUT2D eigenvalue weighted by Gasteiger charge is -2.46. The zero-order valence-corrected chi connectivity index (χ0v) is 48.0. The Morgan fingerprint density at radius 1 is 0.193 bits per heavy atom. The molecule has 2 aliphatic heterocycles. The van der Waals surface area contributed by atoms with E-state index in [-0.39, 0.29) is 0 Å². The van der Waals surface area contributed by atoms with E-state index in [0.717, 1.165) is 119 Å². The number of benzene rings is 13. The van der Waals surface area contributed by atoms with Gasteiger partial charge in [0.15, 0.2) is 40.2 Å². The predicted molar refractivity (Wildman–Crippen MR) is 364 cm³/mol. The number of hydrogen-bond acceptors (Lipinski definition) is 5. The van der Waals surface area contributed by atoms with Crippen molar-refractivity contribution in [3.63, 3.8) is 0 Å². The van der Waals surface area contributed by atoms with Crippen molar-refractivity contribution >= 4 is 79.6 Å².